The number of fused-ring (bicyclic) bond motifs is 3. The van der Waals surface area contributed by atoms with Crippen LogP contribution < -0.4 is 5.73 Å². The summed E-state index contributed by atoms with van der Waals surface area (Å²) in [5.41, 5.74) is 10.1. The van der Waals surface area contributed by atoms with Gasteiger partial charge < -0.3 is 15.0 Å². The van der Waals surface area contributed by atoms with E-state index in [9.17, 15) is 0 Å². The lowest BCUT2D eigenvalue weighted by molar-refractivity contribution is 0.124. The first-order chi connectivity index (χ1) is 13.2. The molecule has 3 aromatic heterocycles. The molecule has 0 unspecified atom stereocenters. The molecule has 0 bridgehead atoms. The molecule has 6 heteroatoms. The molecule has 0 atom stereocenters. The molecule has 0 radical (unpaired) electrons. The van der Waals surface area contributed by atoms with Crippen molar-refractivity contribution in [2.45, 2.75) is 26.3 Å². The Bertz CT molecular complexity index is 1060. The molecule has 0 fully saturated rings. The van der Waals surface area contributed by atoms with E-state index >= 15 is 0 Å². The number of ether oxygens (including phenoxy) is 1. The van der Waals surface area contributed by atoms with E-state index in [-0.39, 0.29) is 0 Å². The third-order valence-corrected chi connectivity index (χ3v) is 4.74. The van der Waals surface area contributed by atoms with Crippen molar-refractivity contribution in [2.24, 2.45) is 0 Å². The van der Waals surface area contributed by atoms with Gasteiger partial charge in [0, 0.05) is 30.9 Å². The normalized spacial score (nSPS) is 11.4. The van der Waals surface area contributed by atoms with Gasteiger partial charge in [0.1, 0.15) is 11.3 Å². The molecule has 0 amide bonds. The van der Waals surface area contributed by atoms with Crippen molar-refractivity contribution < 1.29 is 4.74 Å². The van der Waals surface area contributed by atoms with Gasteiger partial charge in [-0.1, -0.05) is 24.3 Å². The number of rotatable bonds is 7. The van der Waals surface area contributed by atoms with Crippen LogP contribution in [-0.4, -0.2) is 32.7 Å². The van der Waals surface area contributed by atoms with Crippen molar-refractivity contribution in [3.63, 3.8) is 0 Å². The number of anilines is 1. The third kappa shape index (κ3) is 3.61. The average molecular weight is 361 g/mol. The van der Waals surface area contributed by atoms with Crippen LogP contribution in [0.3, 0.4) is 0 Å². The standard InChI is InChI=1S/C21H23N5O/c1-15-24-19-20(17-8-2-3-9-18(17)25-21(19)22)26(15)11-13-27-12-5-7-16-6-4-10-23-14-16/h2-4,6,8-10,14H,5,7,11-13H2,1H3,(H2,22,25). The maximum atomic E-state index is 6.13. The molecule has 138 valence electrons. The fourth-order valence-electron chi connectivity index (χ4n) is 3.43. The number of imidazole rings is 1. The first kappa shape index (κ1) is 17.4. The molecule has 1 aromatic carbocycles. The van der Waals surface area contributed by atoms with Gasteiger partial charge in [0.15, 0.2) is 5.82 Å². The maximum Gasteiger partial charge on any atom is 0.152 e. The van der Waals surface area contributed by atoms with Gasteiger partial charge in [-0.3, -0.25) is 4.98 Å². The van der Waals surface area contributed by atoms with Gasteiger partial charge in [-0.2, -0.15) is 0 Å². The second-order valence-electron chi connectivity index (χ2n) is 6.60. The van der Waals surface area contributed by atoms with Crippen LogP contribution >= 0.6 is 0 Å². The Morgan fingerprint density at radius 2 is 1.96 bits per heavy atom. The summed E-state index contributed by atoms with van der Waals surface area (Å²) in [5.74, 6) is 1.40. The van der Waals surface area contributed by atoms with Gasteiger partial charge in [0.2, 0.25) is 0 Å². The Balaban J connectivity index is 1.44. The van der Waals surface area contributed by atoms with Gasteiger partial charge in [-0.05, 0) is 37.5 Å². The topological polar surface area (TPSA) is 78.8 Å². The number of nitrogen functional groups attached to an aromatic ring is 1. The van der Waals surface area contributed by atoms with E-state index in [1.807, 2.05) is 37.4 Å². The van der Waals surface area contributed by atoms with Crippen LogP contribution in [-0.2, 0) is 17.7 Å². The van der Waals surface area contributed by atoms with Crippen molar-refractivity contribution in [3.05, 3.63) is 60.2 Å². The zero-order chi connectivity index (χ0) is 18.6. The smallest absolute Gasteiger partial charge is 0.152 e. The number of nitrogens with two attached hydrogens (primary N) is 1. The number of aryl methyl sites for hydroxylation is 2. The molecule has 27 heavy (non-hydrogen) atoms. The van der Waals surface area contributed by atoms with Gasteiger partial charge in [-0.25, -0.2) is 9.97 Å². The van der Waals surface area contributed by atoms with E-state index in [0.717, 1.165) is 53.8 Å². The zero-order valence-corrected chi connectivity index (χ0v) is 15.4. The highest BCUT2D eigenvalue weighted by atomic mass is 16.5. The Hall–Kier alpha value is -2.99. The Morgan fingerprint density at radius 3 is 2.81 bits per heavy atom. The molecule has 0 aliphatic carbocycles. The predicted octanol–water partition coefficient (Wildman–Crippen LogP) is 3.52. The van der Waals surface area contributed by atoms with Crippen LogP contribution in [0.4, 0.5) is 5.82 Å². The summed E-state index contributed by atoms with van der Waals surface area (Å²) in [6.07, 6.45) is 5.66. The monoisotopic (exact) mass is 361 g/mol. The number of para-hydroxylation sites is 1. The highest BCUT2D eigenvalue weighted by Gasteiger charge is 2.14. The number of benzene rings is 1. The zero-order valence-electron chi connectivity index (χ0n) is 15.4. The summed E-state index contributed by atoms with van der Waals surface area (Å²) >= 11 is 0. The lowest BCUT2D eigenvalue weighted by atomic mass is 10.2. The minimum Gasteiger partial charge on any atom is -0.382 e. The molecule has 0 aliphatic heterocycles. The minimum absolute atomic E-state index is 0.475. The number of nitrogens with zero attached hydrogens (tertiary/aromatic N) is 4. The van der Waals surface area contributed by atoms with E-state index in [0.29, 0.717) is 12.4 Å². The van der Waals surface area contributed by atoms with Gasteiger partial charge in [-0.15, -0.1) is 0 Å². The van der Waals surface area contributed by atoms with Crippen LogP contribution in [0.5, 0.6) is 0 Å². The number of aromatic nitrogens is 4. The molecule has 3 heterocycles. The lowest BCUT2D eigenvalue weighted by Crippen LogP contribution is -2.09. The molecule has 4 rings (SSSR count). The van der Waals surface area contributed by atoms with Gasteiger partial charge in [0.05, 0.1) is 17.6 Å². The number of hydrogen-bond donors (Lipinski definition) is 1. The molecule has 2 N–H and O–H groups in total. The second kappa shape index (κ2) is 7.72. The Labute approximate surface area is 158 Å². The van der Waals surface area contributed by atoms with Crippen LogP contribution in [0.15, 0.2) is 48.8 Å². The molecule has 0 spiro atoms. The quantitative estimate of drug-likeness (QED) is 0.510. The van der Waals surface area contributed by atoms with Gasteiger partial charge >= 0.3 is 0 Å². The average Bonchev–Trinajstić information content (AvgIpc) is 3.03. The molecule has 0 saturated heterocycles. The van der Waals surface area contributed by atoms with E-state index < -0.39 is 0 Å². The van der Waals surface area contributed by atoms with Crippen molar-refractivity contribution in [2.75, 3.05) is 18.9 Å². The SMILES string of the molecule is Cc1nc2c(N)nc3ccccc3c2n1CCOCCCc1cccnc1. The summed E-state index contributed by atoms with van der Waals surface area (Å²) in [6.45, 7) is 4.10. The Morgan fingerprint density at radius 1 is 1.07 bits per heavy atom. The molecular weight excluding hydrogens is 338 g/mol. The lowest BCUT2D eigenvalue weighted by Gasteiger charge is -2.10. The molecular formula is C21H23N5O. The van der Waals surface area contributed by atoms with Crippen LogP contribution in [0.1, 0.15) is 17.8 Å². The summed E-state index contributed by atoms with van der Waals surface area (Å²) in [7, 11) is 0. The first-order valence-corrected chi connectivity index (χ1v) is 9.22. The Kier molecular flexibility index (Phi) is 4.98. The van der Waals surface area contributed by atoms with Crippen molar-refractivity contribution >= 4 is 27.8 Å². The number of hydrogen-bond acceptors (Lipinski definition) is 5. The first-order valence-electron chi connectivity index (χ1n) is 9.22. The van der Waals surface area contributed by atoms with E-state index in [4.69, 9.17) is 10.5 Å². The summed E-state index contributed by atoms with van der Waals surface area (Å²) < 4.78 is 8.04. The van der Waals surface area contributed by atoms with E-state index in [2.05, 4.69) is 31.7 Å². The summed E-state index contributed by atoms with van der Waals surface area (Å²) in [5, 5.41) is 1.07. The fraction of sp³-hybridized carbons (Fsp3) is 0.286. The second-order valence-corrected chi connectivity index (χ2v) is 6.60. The van der Waals surface area contributed by atoms with Crippen LogP contribution in [0, 0.1) is 6.92 Å². The largest absolute Gasteiger partial charge is 0.382 e. The molecule has 6 nitrogen and oxygen atoms in total. The highest BCUT2D eigenvalue weighted by molar-refractivity contribution is 6.06. The molecule has 4 aromatic rings. The van der Waals surface area contributed by atoms with E-state index in [1.54, 1.807) is 6.20 Å². The summed E-state index contributed by atoms with van der Waals surface area (Å²) in [6, 6.07) is 12.1. The summed E-state index contributed by atoms with van der Waals surface area (Å²) in [4.78, 5) is 13.2. The molecule has 0 saturated carbocycles. The highest BCUT2D eigenvalue weighted by Crippen LogP contribution is 2.28. The molecule has 0 aliphatic rings. The minimum atomic E-state index is 0.475. The van der Waals surface area contributed by atoms with E-state index in [1.165, 1.54) is 5.56 Å². The van der Waals surface area contributed by atoms with Crippen LogP contribution in [0.25, 0.3) is 21.9 Å². The predicted molar refractivity (Wildman–Crippen MR) is 108 cm³/mol. The number of pyridine rings is 2. The third-order valence-electron chi connectivity index (χ3n) is 4.74. The van der Waals surface area contributed by atoms with Crippen molar-refractivity contribution in [1.29, 1.82) is 0 Å². The van der Waals surface area contributed by atoms with Gasteiger partial charge in [0.25, 0.3) is 0 Å². The maximum absolute atomic E-state index is 6.13. The fourth-order valence-corrected chi connectivity index (χ4v) is 3.43. The van der Waals surface area contributed by atoms with Crippen molar-refractivity contribution in [3.8, 4) is 0 Å². The van der Waals surface area contributed by atoms with Crippen LogP contribution in [0.2, 0.25) is 0 Å². The van der Waals surface area contributed by atoms with Crippen molar-refractivity contribution in [1.82, 2.24) is 19.5 Å².